The summed E-state index contributed by atoms with van der Waals surface area (Å²) in [5, 5.41) is 16.7. The first kappa shape index (κ1) is 20.6. The van der Waals surface area contributed by atoms with Gasteiger partial charge in [-0.2, -0.15) is 5.26 Å². The number of aryl methyl sites for hydroxylation is 1. The van der Waals surface area contributed by atoms with Gasteiger partial charge < -0.3 is 29.6 Å². The predicted molar refractivity (Wildman–Crippen MR) is 109 cm³/mol. The van der Waals surface area contributed by atoms with Crippen molar-refractivity contribution in [1.82, 2.24) is 15.1 Å². The molecule has 1 fully saturated rings. The molecule has 0 aliphatic carbocycles. The highest BCUT2D eigenvalue weighted by Gasteiger charge is 2.34. The number of ether oxygens (including phenoxy) is 4. The summed E-state index contributed by atoms with van der Waals surface area (Å²) in [6.45, 7) is 3.92. The second-order valence-electron chi connectivity index (χ2n) is 7.18. The second-order valence-corrected chi connectivity index (χ2v) is 7.18. The van der Waals surface area contributed by atoms with Gasteiger partial charge in [-0.3, -0.25) is 9.89 Å². The molecule has 1 saturated heterocycles. The maximum atomic E-state index is 12.4. The van der Waals surface area contributed by atoms with Crippen LogP contribution in [-0.2, 0) is 9.53 Å². The van der Waals surface area contributed by atoms with E-state index in [1.807, 2.05) is 13.0 Å². The van der Waals surface area contributed by atoms with E-state index in [-0.39, 0.29) is 24.0 Å². The zero-order valence-electron chi connectivity index (χ0n) is 17.3. The minimum atomic E-state index is -0.467. The lowest BCUT2D eigenvalue weighted by atomic mass is 9.84. The standard InChI is InChI=1S/C21H23N5O5/c1-12-18-19(14(10-22)20(23)31-21(18)25-24-12)13-3-4-15(16(9-13)28-2)30-11-17(27)26-5-7-29-8-6-26/h3-4,9,19H,5-8,11,23H2,1-2H3,(H,24,25). The molecule has 1 unspecified atom stereocenters. The molecule has 2 aliphatic rings. The van der Waals surface area contributed by atoms with Crippen molar-refractivity contribution in [2.24, 2.45) is 5.73 Å². The van der Waals surface area contributed by atoms with Crippen molar-refractivity contribution < 1.29 is 23.7 Å². The lowest BCUT2D eigenvalue weighted by Gasteiger charge is -2.27. The van der Waals surface area contributed by atoms with Gasteiger partial charge in [-0.15, -0.1) is 5.10 Å². The number of amides is 1. The fourth-order valence-electron chi connectivity index (χ4n) is 3.76. The van der Waals surface area contributed by atoms with Crippen LogP contribution in [0.2, 0.25) is 0 Å². The number of methoxy groups -OCH3 is 1. The van der Waals surface area contributed by atoms with Crippen LogP contribution in [0.3, 0.4) is 0 Å². The van der Waals surface area contributed by atoms with Crippen LogP contribution in [0.15, 0.2) is 29.7 Å². The average molecular weight is 425 g/mol. The number of allylic oxidation sites excluding steroid dienone is 1. The van der Waals surface area contributed by atoms with E-state index in [9.17, 15) is 10.1 Å². The average Bonchev–Trinajstić information content (AvgIpc) is 3.16. The summed E-state index contributed by atoms with van der Waals surface area (Å²) in [6, 6.07) is 7.45. The van der Waals surface area contributed by atoms with Gasteiger partial charge in [-0.1, -0.05) is 6.07 Å². The number of nitrogens with two attached hydrogens (primary N) is 1. The first-order valence-corrected chi connectivity index (χ1v) is 9.82. The first-order valence-electron chi connectivity index (χ1n) is 9.82. The first-order chi connectivity index (χ1) is 15.0. The van der Waals surface area contributed by atoms with E-state index in [0.29, 0.717) is 43.7 Å². The summed E-state index contributed by atoms with van der Waals surface area (Å²) >= 11 is 0. The number of hydrogen-bond donors (Lipinski definition) is 2. The van der Waals surface area contributed by atoms with E-state index in [4.69, 9.17) is 24.7 Å². The van der Waals surface area contributed by atoms with Crippen LogP contribution in [0, 0.1) is 18.3 Å². The van der Waals surface area contributed by atoms with E-state index in [2.05, 4.69) is 16.3 Å². The van der Waals surface area contributed by atoms with Crippen molar-refractivity contribution >= 4 is 5.91 Å². The Balaban J connectivity index is 1.60. The van der Waals surface area contributed by atoms with Crippen LogP contribution in [0.4, 0.5) is 0 Å². The molecule has 162 valence electrons. The van der Waals surface area contributed by atoms with E-state index in [1.54, 1.807) is 17.0 Å². The Bertz CT molecular complexity index is 1060. The van der Waals surface area contributed by atoms with Gasteiger partial charge in [0.25, 0.3) is 5.91 Å². The van der Waals surface area contributed by atoms with Crippen molar-refractivity contribution in [2.75, 3.05) is 40.0 Å². The number of H-pyrrole nitrogens is 1. The minimum absolute atomic E-state index is 0.0156. The number of aromatic amines is 1. The molecule has 1 aromatic heterocycles. The minimum Gasteiger partial charge on any atom is -0.493 e. The van der Waals surface area contributed by atoms with Gasteiger partial charge in [0.05, 0.1) is 26.2 Å². The monoisotopic (exact) mass is 425 g/mol. The summed E-state index contributed by atoms with van der Waals surface area (Å²) in [5.41, 5.74) is 8.53. The van der Waals surface area contributed by atoms with Crippen molar-refractivity contribution in [2.45, 2.75) is 12.8 Å². The molecule has 31 heavy (non-hydrogen) atoms. The predicted octanol–water partition coefficient (Wildman–Crippen LogP) is 1.18. The molecular weight excluding hydrogens is 402 g/mol. The third-order valence-electron chi connectivity index (χ3n) is 5.37. The molecule has 0 spiro atoms. The number of nitrogens with one attached hydrogen (secondary N) is 1. The highest BCUT2D eigenvalue weighted by atomic mass is 16.5. The third-order valence-corrected chi connectivity index (χ3v) is 5.37. The third kappa shape index (κ3) is 3.87. The molecule has 0 radical (unpaired) electrons. The molecule has 0 bridgehead atoms. The van der Waals surface area contributed by atoms with Gasteiger partial charge >= 0.3 is 0 Å². The molecule has 1 aromatic carbocycles. The highest BCUT2D eigenvalue weighted by molar-refractivity contribution is 5.78. The molecule has 0 saturated carbocycles. The van der Waals surface area contributed by atoms with Crippen molar-refractivity contribution in [3.05, 3.63) is 46.5 Å². The van der Waals surface area contributed by atoms with Crippen LogP contribution in [0.1, 0.15) is 22.7 Å². The van der Waals surface area contributed by atoms with Crippen LogP contribution >= 0.6 is 0 Å². The van der Waals surface area contributed by atoms with E-state index < -0.39 is 5.92 Å². The molecule has 2 aromatic rings. The van der Waals surface area contributed by atoms with Gasteiger partial charge in [-0.25, -0.2) is 0 Å². The van der Waals surface area contributed by atoms with Crippen molar-refractivity contribution in [3.63, 3.8) is 0 Å². The van der Waals surface area contributed by atoms with Gasteiger partial charge in [-0.05, 0) is 24.6 Å². The lowest BCUT2D eigenvalue weighted by Crippen LogP contribution is -2.43. The number of morpholine rings is 1. The Morgan fingerprint density at radius 2 is 2.16 bits per heavy atom. The molecular formula is C21H23N5O5. The summed E-state index contributed by atoms with van der Waals surface area (Å²) in [7, 11) is 1.52. The Morgan fingerprint density at radius 1 is 1.39 bits per heavy atom. The number of aromatic nitrogens is 2. The van der Waals surface area contributed by atoms with Gasteiger partial charge in [0.2, 0.25) is 11.8 Å². The Labute approximate surface area is 179 Å². The van der Waals surface area contributed by atoms with E-state index in [1.165, 1.54) is 7.11 Å². The number of nitrogens with zero attached hydrogens (tertiary/aromatic N) is 3. The number of carbonyl (C=O) groups is 1. The van der Waals surface area contributed by atoms with Crippen LogP contribution in [-0.4, -0.2) is 61.0 Å². The fourth-order valence-corrected chi connectivity index (χ4v) is 3.76. The number of benzene rings is 1. The second kappa shape index (κ2) is 8.57. The zero-order valence-corrected chi connectivity index (χ0v) is 17.3. The van der Waals surface area contributed by atoms with Crippen LogP contribution in [0.5, 0.6) is 17.4 Å². The summed E-state index contributed by atoms with van der Waals surface area (Å²) < 4.78 is 22.0. The van der Waals surface area contributed by atoms with Crippen molar-refractivity contribution in [3.8, 4) is 23.4 Å². The maximum Gasteiger partial charge on any atom is 0.260 e. The van der Waals surface area contributed by atoms with Crippen molar-refractivity contribution in [1.29, 1.82) is 5.26 Å². The SMILES string of the molecule is COc1cc(C2C(C#N)=C(N)Oc3n[nH]c(C)c32)ccc1OCC(=O)N1CCOCC1. The van der Waals surface area contributed by atoms with Gasteiger partial charge in [0.1, 0.15) is 11.6 Å². The smallest absolute Gasteiger partial charge is 0.260 e. The maximum absolute atomic E-state index is 12.4. The highest BCUT2D eigenvalue weighted by Crippen LogP contribution is 2.44. The number of carbonyl (C=O) groups excluding carboxylic acids is 1. The topological polar surface area (TPSA) is 136 Å². The number of rotatable bonds is 5. The molecule has 1 amide bonds. The molecule has 10 heteroatoms. The van der Waals surface area contributed by atoms with E-state index in [0.717, 1.165) is 16.8 Å². The number of fused-ring (bicyclic) bond motifs is 1. The zero-order chi connectivity index (χ0) is 22.0. The Kier molecular flexibility index (Phi) is 5.68. The molecule has 1 atom stereocenters. The lowest BCUT2D eigenvalue weighted by molar-refractivity contribution is -0.137. The van der Waals surface area contributed by atoms with Gasteiger partial charge in [0.15, 0.2) is 18.1 Å². The summed E-state index contributed by atoms with van der Waals surface area (Å²) in [4.78, 5) is 14.1. The normalized spacial score (nSPS) is 18.1. The molecule has 4 rings (SSSR count). The van der Waals surface area contributed by atoms with Crippen LogP contribution < -0.4 is 19.9 Å². The summed E-state index contributed by atoms with van der Waals surface area (Å²) in [6.07, 6.45) is 0. The fraction of sp³-hybridized carbons (Fsp3) is 0.381. The Morgan fingerprint density at radius 3 is 2.87 bits per heavy atom. The molecule has 2 aliphatic heterocycles. The Hall–Kier alpha value is -3.71. The quantitative estimate of drug-likeness (QED) is 0.729. The van der Waals surface area contributed by atoms with Gasteiger partial charge in [0, 0.05) is 24.3 Å². The molecule has 10 nitrogen and oxygen atoms in total. The molecule has 3 heterocycles. The van der Waals surface area contributed by atoms with E-state index >= 15 is 0 Å². The summed E-state index contributed by atoms with van der Waals surface area (Å²) in [5.74, 6) is 0.651. The largest absolute Gasteiger partial charge is 0.493 e. The molecule has 3 N–H and O–H groups in total. The van der Waals surface area contributed by atoms with Crippen LogP contribution in [0.25, 0.3) is 0 Å². The number of hydrogen-bond acceptors (Lipinski definition) is 8. The number of nitriles is 1.